The fourth-order valence-corrected chi connectivity index (χ4v) is 3.54. The normalized spacial score (nSPS) is 22.5. The number of benzene rings is 1. The van der Waals surface area contributed by atoms with Crippen LogP contribution >= 0.6 is 0 Å². The average Bonchev–Trinajstić information content (AvgIpc) is 3.48. The number of carbonyl (C=O) groups is 3. The highest BCUT2D eigenvalue weighted by Gasteiger charge is 2.41. The Kier molecular flexibility index (Phi) is 8.97. The van der Waals surface area contributed by atoms with E-state index < -0.39 is 29.7 Å². The van der Waals surface area contributed by atoms with Crippen molar-refractivity contribution in [2.75, 3.05) is 19.6 Å². The molecule has 2 aliphatic heterocycles. The van der Waals surface area contributed by atoms with Crippen molar-refractivity contribution in [3.63, 3.8) is 0 Å². The molecule has 12 nitrogen and oxygen atoms in total. The van der Waals surface area contributed by atoms with Gasteiger partial charge in [0.25, 0.3) is 5.91 Å². The van der Waals surface area contributed by atoms with Crippen molar-refractivity contribution >= 4 is 18.0 Å². The summed E-state index contributed by atoms with van der Waals surface area (Å²) < 4.78 is 5.07. The summed E-state index contributed by atoms with van der Waals surface area (Å²) in [5.41, 5.74) is 1.52. The highest BCUT2D eigenvalue weighted by atomic mass is 16.7. The van der Waals surface area contributed by atoms with Gasteiger partial charge in [0.05, 0.1) is 0 Å². The Morgan fingerprint density at radius 2 is 1.91 bits per heavy atom. The van der Waals surface area contributed by atoms with Crippen LogP contribution in [0.25, 0.3) is 0 Å². The molecule has 33 heavy (non-hydrogen) atoms. The van der Waals surface area contributed by atoms with E-state index in [1.165, 1.54) is 6.92 Å². The Balaban J connectivity index is 1.41. The Morgan fingerprint density at radius 3 is 2.61 bits per heavy atom. The molecule has 0 aliphatic carbocycles. The third-order valence-electron chi connectivity index (χ3n) is 5.43. The molecular formula is C21H32N6O6. The van der Waals surface area contributed by atoms with Crippen LogP contribution in [0.5, 0.6) is 0 Å². The first-order chi connectivity index (χ1) is 15.9. The van der Waals surface area contributed by atoms with Gasteiger partial charge in [0.2, 0.25) is 5.66 Å². The molecule has 2 saturated heterocycles. The number of carboxylic acids is 1. The van der Waals surface area contributed by atoms with Gasteiger partial charge in [-0.25, -0.2) is 9.59 Å². The summed E-state index contributed by atoms with van der Waals surface area (Å²) in [4.78, 5) is 41.9. The molecule has 12 heteroatoms. The van der Waals surface area contributed by atoms with Crippen LogP contribution in [-0.4, -0.2) is 66.8 Å². The summed E-state index contributed by atoms with van der Waals surface area (Å²) >= 11 is 0. The third kappa shape index (κ3) is 7.65. The summed E-state index contributed by atoms with van der Waals surface area (Å²) in [6.45, 7) is 3.80. The molecule has 182 valence electrons. The highest BCUT2D eigenvalue weighted by Crippen LogP contribution is 2.16. The minimum Gasteiger partial charge on any atom is -0.478 e. The van der Waals surface area contributed by atoms with E-state index >= 15 is 0 Å². The maximum Gasteiger partial charge on any atom is 0.409 e. The van der Waals surface area contributed by atoms with Gasteiger partial charge in [-0.05, 0) is 31.9 Å². The molecule has 7 N–H and O–H groups in total. The van der Waals surface area contributed by atoms with E-state index in [-0.39, 0.29) is 18.9 Å². The van der Waals surface area contributed by atoms with Crippen LogP contribution < -0.4 is 32.1 Å². The van der Waals surface area contributed by atoms with E-state index in [4.69, 9.17) is 9.57 Å². The smallest absolute Gasteiger partial charge is 0.409 e. The second kappa shape index (κ2) is 11.9. The lowest BCUT2D eigenvalue weighted by molar-refractivity contribution is -0.150. The molecule has 1 aromatic rings. The molecule has 2 aliphatic rings. The molecule has 0 radical (unpaired) electrons. The molecule has 2 fully saturated rings. The van der Waals surface area contributed by atoms with Gasteiger partial charge in [0.15, 0.2) is 6.10 Å². The number of alkyl carbamates (subject to hydrolysis) is 1. The number of hydrogen-bond donors (Lipinski definition) is 7. The summed E-state index contributed by atoms with van der Waals surface area (Å²) in [6, 6.07) is 8.92. The lowest BCUT2D eigenvalue weighted by atomic mass is 10.0. The molecule has 0 aromatic heterocycles. The fraction of sp³-hybridized carbons (Fsp3) is 0.571. The zero-order valence-electron chi connectivity index (χ0n) is 18.6. The lowest BCUT2D eigenvalue weighted by Crippen LogP contribution is -2.65. The van der Waals surface area contributed by atoms with Gasteiger partial charge in [0, 0.05) is 25.6 Å². The predicted molar refractivity (Wildman–Crippen MR) is 117 cm³/mol. The maximum atomic E-state index is 12.6. The first kappa shape index (κ1) is 24.9. The van der Waals surface area contributed by atoms with Gasteiger partial charge in [-0.3, -0.25) is 30.9 Å². The van der Waals surface area contributed by atoms with Crippen LogP contribution in [0.2, 0.25) is 0 Å². The standard InChI is InChI=1S/C21H32N6O6/c1-21(18(29)30,26-20(31)32-13-14-6-3-2-4-7-14)25-17(28)16-12-15(27-33-16)8-5-9-22-19-23-10-11-24-19/h2-4,6-7,15-16,19,22-24,27H,5,8-13H2,1H3,(H,25,28)(H,26,31)(H,29,30). The molecular weight excluding hydrogens is 432 g/mol. The molecule has 2 heterocycles. The zero-order chi connectivity index (χ0) is 23.7. The minimum absolute atomic E-state index is 0.0324. The molecule has 0 bridgehead atoms. The topological polar surface area (TPSA) is 162 Å². The van der Waals surface area contributed by atoms with Crippen molar-refractivity contribution in [2.24, 2.45) is 0 Å². The Labute approximate surface area is 192 Å². The van der Waals surface area contributed by atoms with E-state index in [0.717, 1.165) is 38.0 Å². The van der Waals surface area contributed by atoms with Crippen molar-refractivity contribution in [3.8, 4) is 0 Å². The van der Waals surface area contributed by atoms with Crippen LogP contribution in [-0.2, 0) is 25.8 Å². The number of nitrogens with one attached hydrogen (secondary N) is 6. The summed E-state index contributed by atoms with van der Waals surface area (Å²) in [7, 11) is 0. The molecule has 3 unspecified atom stereocenters. The van der Waals surface area contributed by atoms with Crippen molar-refractivity contribution in [1.82, 2.24) is 32.1 Å². The van der Waals surface area contributed by atoms with Crippen molar-refractivity contribution in [1.29, 1.82) is 0 Å². The van der Waals surface area contributed by atoms with Gasteiger partial charge < -0.3 is 15.2 Å². The number of ether oxygens (including phenoxy) is 1. The Hall–Kier alpha value is -2.77. The first-order valence-electron chi connectivity index (χ1n) is 11.0. The second-order valence-corrected chi connectivity index (χ2v) is 8.20. The van der Waals surface area contributed by atoms with E-state index in [9.17, 15) is 19.5 Å². The van der Waals surface area contributed by atoms with Gasteiger partial charge in [-0.1, -0.05) is 30.3 Å². The molecule has 3 rings (SSSR count). The summed E-state index contributed by atoms with van der Waals surface area (Å²) in [6.07, 6.45) is 0.325. The first-order valence-corrected chi connectivity index (χ1v) is 11.0. The number of carboxylic acid groups (broad SMARTS) is 1. The highest BCUT2D eigenvalue weighted by molar-refractivity contribution is 5.91. The molecule has 0 saturated carbocycles. The van der Waals surface area contributed by atoms with E-state index in [0.29, 0.717) is 6.42 Å². The Morgan fingerprint density at radius 1 is 1.18 bits per heavy atom. The Bertz CT molecular complexity index is 806. The number of hydrogen-bond acceptors (Lipinski definition) is 9. The van der Waals surface area contributed by atoms with Crippen LogP contribution in [0.3, 0.4) is 0 Å². The number of rotatable bonds is 11. The SMILES string of the molecule is CC(NC(=O)OCc1ccccc1)(NC(=O)C1CC(CCCNC2NCCN2)NO1)C(=O)O. The molecule has 3 atom stereocenters. The number of amides is 2. The minimum atomic E-state index is -2.06. The van der Waals surface area contributed by atoms with E-state index in [1.54, 1.807) is 24.3 Å². The quantitative estimate of drug-likeness (QED) is 0.165. The van der Waals surface area contributed by atoms with Crippen LogP contribution in [0.15, 0.2) is 30.3 Å². The molecule has 1 aromatic carbocycles. The van der Waals surface area contributed by atoms with Crippen LogP contribution in [0, 0.1) is 0 Å². The second-order valence-electron chi connectivity index (χ2n) is 8.20. The van der Waals surface area contributed by atoms with E-state index in [1.807, 2.05) is 6.07 Å². The van der Waals surface area contributed by atoms with Crippen molar-refractivity contribution in [2.45, 2.75) is 56.9 Å². The van der Waals surface area contributed by atoms with Gasteiger partial charge in [0.1, 0.15) is 12.9 Å². The number of carbonyl (C=O) groups excluding carboxylic acids is 2. The van der Waals surface area contributed by atoms with E-state index in [2.05, 4.69) is 32.1 Å². The number of aliphatic carboxylic acids is 1. The van der Waals surface area contributed by atoms with Crippen molar-refractivity contribution < 1.29 is 29.1 Å². The predicted octanol–water partition coefficient (Wildman–Crippen LogP) is -0.662. The third-order valence-corrected chi connectivity index (χ3v) is 5.43. The maximum absolute atomic E-state index is 12.6. The zero-order valence-corrected chi connectivity index (χ0v) is 18.6. The van der Waals surface area contributed by atoms with Crippen LogP contribution in [0.1, 0.15) is 31.7 Å². The molecule has 2 amide bonds. The monoisotopic (exact) mass is 464 g/mol. The summed E-state index contributed by atoms with van der Waals surface area (Å²) in [5, 5.41) is 24.0. The van der Waals surface area contributed by atoms with Gasteiger partial charge in [-0.15, -0.1) is 0 Å². The largest absolute Gasteiger partial charge is 0.478 e. The van der Waals surface area contributed by atoms with Crippen molar-refractivity contribution in [3.05, 3.63) is 35.9 Å². The fourth-order valence-electron chi connectivity index (χ4n) is 3.54. The summed E-state index contributed by atoms with van der Waals surface area (Å²) in [5.74, 6) is -2.08. The average molecular weight is 465 g/mol. The molecule has 0 spiro atoms. The van der Waals surface area contributed by atoms with Gasteiger partial charge >= 0.3 is 12.1 Å². The lowest BCUT2D eigenvalue weighted by Gasteiger charge is -2.27. The number of hydroxylamine groups is 1. The van der Waals surface area contributed by atoms with Crippen LogP contribution in [0.4, 0.5) is 4.79 Å². The van der Waals surface area contributed by atoms with Gasteiger partial charge in [-0.2, -0.15) is 5.48 Å².